The van der Waals surface area contributed by atoms with Gasteiger partial charge in [-0.3, -0.25) is 0 Å². The molecule has 0 spiro atoms. The van der Waals surface area contributed by atoms with Crippen molar-refractivity contribution >= 4 is 39.7 Å². The van der Waals surface area contributed by atoms with Gasteiger partial charge in [-0.15, -0.1) is 11.3 Å². The number of anilines is 1. The fourth-order valence-corrected chi connectivity index (χ4v) is 2.60. The van der Waals surface area contributed by atoms with Gasteiger partial charge in [-0.05, 0) is 24.6 Å². The summed E-state index contributed by atoms with van der Waals surface area (Å²) in [5.74, 6) is 0. The molecule has 0 saturated heterocycles. The van der Waals surface area contributed by atoms with E-state index >= 15 is 0 Å². The van der Waals surface area contributed by atoms with Crippen LogP contribution in [-0.4, -0.2) is 4.98 Å². The molecule has 16 heavy (non-hydrogen) atoms. The van der Waals surface area contributed by atoms with E-state index in [9.17, 15) is 0 Å². The SMILES string of the molecule is CC(Nc1nccs1)c1ccc(Cl)cc1Cl. The number of rotatable bonds is 3. The van der Waals surface area contributed by atoms with Crippen molar-refractivity contribution in [3.8, 4) is 0 Å². The number of nitrogens with one attached hydrogen (secondary N) is 1. The van der Waals surface area contributed by atoms with Crippen LogP contribution in [0.4, 0.5) is 5.13 Å². The van der Waals surface area contributed by atoms with Crippen molar-refractivity contribution in [3.63, 3.8) is 0 Å². The number of benzene rings is 1. The molecule has 84 valence electrons. The molecular formula is C11H10Cl2N2S. The van der Waals surface area contributed by atoms with Gasteiger partial charge in [0.25, 0.3) is 0 Å². The lowest BCUT2D eigenvalue weighted by atomic mass is 10.1. The highest BCUT2D eigenvalue weighted by Gasteiger charge is 2.10. The van der Waals surface area contributed by atoms with Gasteiger partial charge in [0.15, 0.2) is 5.13 Å². The molecule has 0 amide bonds. The van der Waals surface area contributed by atoms with Crippen molar-refractivity contribution in [3.05, 3.63) is 45.4 Å². The Kier molecular flexibility index (Phi) is 3.69. The summed E-state index contributed by atoms with van der Waals surface area (Å²) in [5.41, 5.74) is 1.02. The van der Waals surface area contributed by atoms with Crippen molar-refractivity contribution < 1.29 is 0 Å². The fraction of sp³-hybridized carbons (Fsp3) is 0.182. The smallest absolute Gasteiger partial charge is 0.183 e. The molecule has 5 heteroatoms. The van der Waals surface area contributed by atoms with Crippen molar-refractivity contribution in [2.45, 2.75) is 13.0 Å². The maximum absolute atomic E-state index is 6.12. The predicted octanol–water partition coefficient (Wildman–Crippen LogP) is 4.62. The summed E-state index contributed by atoms with van der Waals surface area (Å²) < 4.78 is 0. The van der Waals surface area contributed by atoms with E-state index in [1.54, 1.807) is 23.6 Å². The summed E-state index contributed by atoms with van der Waals surface area (Å²) in [7, 11) is 0. The van der Waals surface area contributed by atoms with E-state index < -0.39 is 0 Å². The van der Waals surface area contributed by atoms with E-state index in [2.05, 4.69) is 10.3 Å². The van der Waals surface area contributed by atoms with E-state index in [1.807, 2.05) is 24.4 Å². The molecule has 1 aromatic carbocycles. The Balaban J connectivity index is 2.17. The van der Waals surface area contributed by atoms with Gasteiger partial charge in [-0.1, -0.05) is 29.3 Å². The van der Waals surface area contributed by atoms with Crippen molar-refractivity contribution in [2.24, 2.45) is 0 Å². The van der Waals surface area contributed by atoms with Gasteiger partial charge in [0.05, 0.1) is 6.04 Å². The van der Waals surface area contributed by atoms with Crippen LogP contribution in [0.2, 0.25) is 10.0 Å². The standard InChI is InChI=1S/C11H10Cl2N2S/c1-7(15-11-14-4-5-16-11)9-3-2-8(12)6-10(9)13/h2-7H,1H3,(H,14,15). The van der Waals surface area contributed by atoms with Crippen LogP contribution in [0.25, 0.3) is 0 Å². The van der Waals surface area contributed by atoms with Crippen LogP contribution in [0, 0.1) is 0 Å². The second-order valence-corrected chi connectivity index (χ2v) is 5.11. The van der Waals surface area contributed by atoms with E-state index in [1.165, 1.54) is 0 Å². The first-order chi connectivity index (χ1) is 7.66. The third-order valence-electron chi connectivity index (χ3n) is 2.20. The molecule has 1 atom stereocenters. The number of nitrogens with zero attached hydrogens (tertiary/aromatic N) is 1. The van der Waals surface area contributed by atoms with Crippen LogP contribution in [0.1, 0.15) is 18.5 Å². The minimum Gasteiger partial charge on any atom is -0.355 e. The quantitative estimate of drug-likeness (QED) is 0.882. The molecule has 2 rings (SSSR count). The van der Waals surface area contributed by atoms with Crippen LogP contribution >= 0.6 is 34.5 Å². The Labute approximate surface area is 108 Å². The molecule has 0 saturated carbocycles. The minimum atomic E-state index is 0.107. The van der Waals surface area contributed by atoms with E-state index in [0.29, 0.717) is 10.0 Å². The molecule has 0 radical (unpaired) electrons. The van der Waals surface area contributed by atoms with Crippen molar-refractivity contribution in [1.29, 1.82) is 0 Å². The molecule has 1 N–H and O–H groups in total. The van der Waals surface area contributed by atoms with Gasteiger partial charge < -0.3 is 5.32 Å². The fourth-order valence-electron chi connectivity index (χ4n) is 1.41. The molecule has 1 aromatic heterocycles. The summed E-state index contributed by atoms with van der Waals surface area (Å²) >= 11 is 13.5. The van der Waals surface area contributed by atoms with Crippen LogP contribution < -0.4 is 5.32 Å². The highest BCUT2D eigenvalue weighted by atomic mass is 35.5. The Morgan fingerprint density at radius 1 is 1.38 bits per heavy atom. The Morgan fingerprint density at radius 2 is 2.19 bits per heavy atom. The summed E-state index contributed by atoms with van der Waals surface area (Å²) in [6.45, 7) is 2.04. The summed E-state index contributed by atoms with van der Waals surface area (Å²) in [6, 6.07) is 5.62. The lowest BCUT2D eigenvalue weighted by Gasteiger charge is -2.14. The Bertz CT molecular complexity index is 471. The third kappa shape index (κ3) is 2.67. The number of hydrogen-bond donors (Lipinski definition) is 1. The molecular weight excluding hydrogens is 263 g/mol. The average molecular weight is 273 g/mol. The van der Waals surface area contributed by atoms with Gasteiger partial charge in [-0.25, -0.2) is 4.98 Å². The number of aromatic nitrogens is 1. The molecule has 2 aromatic rings. The predicted molar refractivity (Wildman–Crippen MR) is 70.6 cm³/mol. The third-order valence-corrected chi connectivity index (χ3v) is 3.47. The van der Waals surface area contributed by atoms with Crippen LogP contribution in [0.15, 0.2) is 29.8 Å². The summed E-state index contributed by atoms with van der Waals surface area (Å²) in [4.78, 5) is 4.17. The molecule has 1 unspecified atom stereocenters. The molecule has 0 aliphatic heterocycles. The second-order valence-electron chi connectivity index (χ2n) is 3.37. The Hall–Kier alpha value is -0.770. The molecule has 0 aliphatic rings. The number of thiazole rings is 1. The van der Waals surface area contributed by atoms with Crippen LogP contribution in [0.3, 0.4) is 0 Å². The first kappa shape index (κ1) is 11.7. The largest absolute Gasteiger partial charge is 0.355 e. The van der Waals surface area contributed by atoms with E-state index in [4.69, 9.17) is 23.2 Å². The normalized spacial score (nSPS) is 12.4. The van der Waals surface area contributed by atoms with E-state index in [0.717, 1.165) is 10.7 Å². The average Bonchev–Trinajstić information content (AvgIpc) is 2.70. The zero-order valence-corrected chi connectivity index (χ0v) is 10.9. The van der Waals surface area contributed by atoms with Gasteiger partial charge in [-0.2, -0.15) is 0 Å². The monoisotopic (exact) mass is 272 g/mol. The van der Waals surface area contributed by atoms with Crippen molar-refractivity contribution in [1.82, 2.24) is 4.98 Å². The summed E-state index contributed by atoms with van der Waals surface area (Å²) in [6.07, 6.45) is 1.77. The van der Waals surface area contributed by atoms with E-state index in [-0.39, 0.29) is 6.04 Å². The van der Waals surface area contributed by atoms with Gasteiger partial charge >= 0.3 is 0 Å². The minimum absolute atomic E-state index is 0.107. The molecule has 1 heterocycles. The topological polar surface area (TPSA) is 24.9 Å². The molecule has 0 fully saturated rings. The highest BCUT2D eigenvalue weighted by molar-refractivity contribution is 7.13. The van der Waals surface area contributed by atoms with Crippen LogP contribution in [0.5, 0.6) is 0 Å². The Morgan fingerprint density at radius 3 is 2.81 bits per heavy atom. The number of hydrogen-bond acceptors (Lipinski definition) is 3. The molecule has 0 bridgehead atoms. The van der Waals surface area contributed by atoms with Gasteiger partial charge in [0.1, 0.15) is 0 Å². The van der Waals surface area contributed by atoms with Gasteiger partial charge in [0, 0.05) is 21.6 Å². The lowest BCUT2D eigenvalue weighted by molar-refractivity contribution is 0.882. The highest BCUT2D eigenvalue weighted by Crippen LogP contribution is 2.28. The van der Waals surface area contributed by atoms with Crippen molar-refractivity contribution in [2.75, 3.05) is 5.32 Å². The number of halogens is 2. The first-order valence-electron chi connectivity index (χ1n) is 4.78. The zero-order valence-electron chi connectivity index (χ0n) is 8.58. The first-order valence-corrected chi connectivity index (χ1v) is 6.41. The summed E-state index contributed by atoms with van der Waals surface area (Å²) in [5, 5.41) is 7.41. The maximum atomic E-state index is 6.12. The second kappa shape index (κ2) is 5.04. The zero-order chi connectivity index (χ0) is 11.5. The lowest BCUT2D eigenvalue weighted by Crippen LogP contribution is -2.06. The molecule has 0 aliphatic carbocycles. The van der Waals surface area contributed by atoms with Crippen LogP contribution in [-0.2, 0) is 0 Å². The maximum Gasteiger partial charge on any atom is 0.183 e. The molecule has 2 nitrogen and oxygen atoms in total. The van der Waals surface area contributed by atoms with Gasteiger partial charge in [0.2, 0.25) is 0 Å².